The maximum absolute atomic E-state index is 13.2. The smallest absolute Gasteiger partial charge is 0.254 e. The average Bonchev–Trinajstić information content (AvgIpc) is 2.25. The zero-order valence-corrected chi connectivity index (χ0v) is 8.68. The lowest BCUT2D eigenvalue weighted by atomic mass is 10.2. The number of phenolic OH excluding ortho intramolecular Hbond substituents is 1. The largest absolute Gasteiger partial charge is 0.508 e. The highest BCUT2D eigenvalue weighted by molar-refractivity contribution is 5.95. The molecule has 1 rings (SSSR count). The van der Waals surface area contributed by atoms with Crippen LogP contribution in [0.3, 0.4) is 0 Å². The zero-order chi connectivity index (χ0) is 13.0. The molecule has 7 heteroatoms. The van der Waals surface area contributed by atoms with Crippen molar-refractivity contribution in [2.75, 3.05) is 6.54 Å². The molecule has 0 saturated heterocycles. The maximum Gasteiger partial charge on any atom is 0.254 e. The van der Waals surface area contributed by atoms with E-state index >= 15 is 0 Å². The van der Waals surface area contributed by atoms with E-state index in [0.29, 0.717) is 0 Å². The number of aliphatic hydroxyl groups excluding tert-OH is 1. The molecule has 0 aliphatic rings. The van der Waals surface area contributed by atoms with Crippen LogP contribution >= 0.6 is 0 Å². The number of phenols is 1. The highest BCUT2D eigenvalue weighted by Gasteiger charge is 2.15. The topological polar surface area (TPSA) is 113 Å². The lowest BCUT2D eigenvalue weighted by Gasteiger charge is -2.09. The highest BCUT2D eigenvalue weighted by Crippen LogP contribution is 2.14. The van der Waals surface area contributed by atoms with Crippen LogP contribution in [0.4, 0.5) is 4.39 Å². The van der Waals surface area contributed by atoms with E-state index in [-0.39, 0.29) is 11.3 Å². The number of aromatic hydroxyl groups is 1. The van der Waals surface area contributed by atoms with E-state index in [1.807, 2.05) is 0 Å². The summed E-state index contributed by atoms with van der Waals surface area (Å²) in [5, 5.41) is 20.1. The Balaban J connectivity index is 2.67. The van der Waals surface area contributed by atoms with Gasteiger partial charge in [0.25, 0.3) is 5.91 Å². The summed E-state index contributed by atoms with van der Waals surface area (Å²) in [5.41, 5.74) is 4.46. The first-order chi connectivity index (χ1) is 7.91. The summed E-state index contributed by atoms with van der Waals surface area (Å²) < 4.78 is 13.2. The van der Waals surface area contributed by atoms with E-state index in [4.69, 9.17) is 15.9 Å². The quantitative estimate of drug-likeness (QED) is 0.548. The van der Waals surface area contributed by atoms with Crippen LogP contribution in [0.25, 0.3) is 0 Å². The van der Waals surface area contributed by atoms with E-state index < -0.39 is 30.3 Å². The molecule has 0 aromatic heterocycles. The summed E-state index contributed by atoms with van der Waals surface area (Å²) in [4.78, 5) is 21.9. The van der Waals surface area contributed by atoms with Gasteiger partial charge in [0.15, 0.2) is 0 Å². The van der Waals surface area contributed by atoms with Gasteiger partial charge in [0.2, 0.25) is 5.91 Å². The van der Waals surface area contributed by atoms with Crippen LogP contribution in [-0.4, -0.2) is 34.7 Å². The molecule has 0 radical (unpaired) electrons. The van der Waals surface area contributed by atoms with Crippen molar-refractivity contribution in [2.45, 2.75) is 6.10 Å². The Kier molecular flexibility index (Phi) is 4.00. The second-order valence-corrected chi connectivity index (χ2v) is 3.29. The minimum Gasteiger partial charge on any atom is -0.508 e. The number of nitrogens with two attached hydrogens (primary N) is 1. The van der Waals surface area contributed by atoms with Gasteiger partial charge in [-0.25, -0.2) is 4.39 Å². The Morgan fingerprint density at radius 3 is 2.65 bits per heavy atom. The number of hydrogen-bond acceptors (Lipinski definition) is 4. The Morgan fingerprint density at radius 2 is 2.12 bits per heavy atom. The van der Waals surface area contributed by atoms with Gasteiger partial charge in [-0.15, -0.1) is 0 Å². The maximum atomic E-state index is 13.2. The summed E-state index contributed by atoms with van der Waals surface area (Å²) in [7, 11) is 0. The second kappa shape index (κ2) is 5.26. The predicted molar refractivity (Wildman–Crippen MR) is 55.6 cm³/mol. The van der Waals surface area contributed by atoms with Crippen LogP contribution in [0.15, 0.2) is 18.2 Å². The van der Waals surface area contributed by atoms with Gasteiger partial charge < -0.3 is 21.3 Å². The van der Waals surface area contributed by atoms with Crippen LogP contribution < -0.4 is 11.1 Å². The van der Waals surface area contributed by atoms with Crippen molar-refractivity contribution >= 4 is 11.8 Å². The average molecular weight is 242 g/mol. The molecule has 2 amide bonds. The Bertz CT molecular complexity index is 450. The molecule has 0 fully saturated rings. The van der Waals surface area contributed by atoms with Crippen LogP contribution in [0.1, 0.15) is 10.4 Å². The van der Waals surface area contributed by atoms with Crippen molar-refractivity contribution < 1.29 is 24.2 Å². The number of halogens is 1. The van der Waals surface area contributed by atoms with Gasteiger partial charge in [-0.2, -0.15) is 0 Å². The Hall–Kier alpha value is -2.15. The third-order valence-electron chi connectivity index (χ3n) is 1.98. The molecule has 5 N–H and O–H groups in total. The standard InChI is InChI=1S/C10H11FN2O4/c11-7-3-5(14)1-2-6(7)10(17)13-4-8(15)9(12)16/h1-3,8,14-15H,4H2,(H2,12,16)(H,13,17). The molecule has 0 aliphatic carbocycles. The summed E-state index contributed by atoms with van der Waals surface area (Å²) >= 11 is 0. The van der Waals surface area contributed by atoms with Crippen molar-refractivity contribution in [3.8, 4) is 5.75 Å². The fourth-order valence-corrected chi connectivity index (χ4v) is 1.07. The number of nitrogens with one attached hydrogen (secondary N) is 1. The van der Waals surface area contributed by atoms with E-state index in [2.05, 4.69) is 5.32 Å². The molecule has 1 atom stereocenters. The molecule has 0 heterocycles. The lowest BCUT2D eigenvalue weighted by molar-refractivity contribution is -0.125. The fraction of sp³-hybridized carbons (Fsp3) is 0.200. The minimum atomic E-state index is -1.53. The monoisotopic (exact) mass is 242 g/mol. The molecular weight excluding hydrogens is 231 g/mol. The molecule has 0 aliphatic heterocycles. The van der Waals surface area contributed by atoms with E-state index in [1.54, 1.807) is 0 Å². The van der Waals surface area contributed by atoms with Gasteiger partial charge in [-0.1, -0.05) is 0 Å². The Labute approximate surface area is 95.9 Å². The molecule has 1 aromatic rings. The molecule has 0 spiro atoms. The molecule has 1 unspecified atom stereocenters. The number of hydrogen-bond donors (Lipinski definition) is 4. The van der Waals surface area contributed by atoms with E-state index in [1.165, 1.54) is 0 Å². The van der Waals surface area contributed by atoms with Crippen LogP contribution in [-0.2, 0) is 4.79 Å². The van der Waals surface area contributed by atoms with Crippen molar-refractivity contribution in [2.24, 2.45) is 5.73 Å². The van der Waals surface area contributed by atoms with Crippen LogP contribution in [0.2, 0.25) is 0 Å². The van der Waals surface area contributed by atoms with Crippen LogP contribution in [0, 0.1) is 5.82 Å². The minimum absolute atomic E-state index is 0.306. The molecule has 92 valence electrons. The molecule has 0 saturated carbocycles. The van der Waals surface area contributed by atoms with Crippen molar-refractivity contribution in [1.29, 1.82) is 0 Å². The summed E-state index contributed by atoms with van der Waals surface area (Å²) in [6, 6.07) is 3.00. The van der Waals surface area contributed by atoms with E-state index in [0.717, 1.165) is 18.2 Å². The van der Waals surface area contributed by atoms with Crippen molar-refractivity contribution in [3.63, 3.8) is 0 Å². The first kappa shape index (κ1) is 12.9. The molecule has 0 bridgehead atoms. The first-order valence-corrected chi connectivity index (χ1v) is 4.66. The summed E-state index contributed by atoms with van der Waals surface area (Å²) in [6.45, 7) is -0.408. The fourth-order valence-electron chi connectivity index (χ4n) is 1.07. The third kappa shape index (κ3) is 3.42. The number of benzene rings is 1. The summed E-state index contributed by atoms with van der Waals surface area (Å²) in [5.74, 6) is -3.02. The number of aliphatic hydroxyl groups is 1. The van der Waals surface area contributed by atoms with Gasteiger partial charge in [0.05, 0.1) is 12.1 Å². The highest BCUT2D eigenvalue weighted by atomic mass is 19.1. The van der Waals surface area contributed by atoms with Crippen molar-refractivity contribution in [1.82, 2.24) is 5.32 Å². The normalized spacial score (nSPS) is 11.9. The van der Waals surface area contributed by atoms with Gasteiger partial charge in [-0.05, 0) is 12.1 Å². The van der Waals surface area contributed by atoms with Gasteiger partial charge in [0, 0.05) is 6.07 Å². The predicted octanol–water partition coefficient (Wildman–Crippen LogP) is -0.893. The van der Waals surface area contributed by atoms with Gasteiger partial charge in [0.1, 0.15) is 17.7 Å². The molecular formula is C10H11FN2O4. The SMILES string of the molecule is NC(=O)C(O)CNC(=O)c1ccc(O)cc1F. The van der Waals surface area contributed by atoms with Gasteiger partial charge in [-0.3, -0.25) is 9.59 Å². The molecule has 1 aromatic carbocycles. The Morgan fingerprint density at radius 1 is 1.47 bits per heavy atom. The number of amides is 2. The number of carbonyl (C=O) groups is 2. The summed E-state index contributed by atoms with van der Waals surface area (Å²) in [6.07, 6.45) is -1.53. The van der Waals surface area contributed by atoms with E-state index in [9.17, 15) is 14.0 Å². The zero-order valence-electron chi connectivity index (χ0n) is 8.68. The second-order valence-electron chi connectivity index (χ2n) is 3.29. The lowest BCUT2D eigenvalue weighted by Crippen LogP contribution is -2.40. The first-order valence-electron chi connectivity index (χ1n) is 4.66. The molecule has 6 nitrogen and oxygen atoms in total. The number of carbonyl (C=O) groups excluding carboxylic acids is 2. The number of primary amides is 1. The number of rotatable bonds is 4. The van der Waals surface area contributed by atoms with Crippen LogP contribution in [0.5, 0.6) is 5.75 Å². The molecule has 17 heavy (non-hydrogen) atoms. The third-order valence-corrected chi connectivity index (χ3v) is 1.98. The van der Waals surface area contributed by atoms with Crippen molar-refractivity contribution in [3.05, 3.63) is 29.6 Å². The van der Waals surface area contributed by atoms with Gasteiger partial charge >= 0.3 is 0 Å².